The van der Waals surface area contributed by atoms with Crippen LogP contribution in [0.4, 0.5) is 19.1 Å². The lowest BCUT2D eigenvalue weighted by atomic mass is 9.60. The number of amides is 1. The molecule has 2 N–H and O–H groups in total. The van der Waals surface area contributed by atoms with E-state index < -0.39 is 18.8 Å². The molecule has 4 heterocycles. The van der Waals surface area contributed by atoms with Crippen LogP contribution in [0.1, 0.15) is 38.4 Å². The van der Waals surface area contributed by atoms with Crippen LogP contribution in [0.2, 0.25) is 0 Å². The van der Waals surface area contributed by atoms with Crippen LogP contribution in [0.5, 0.6) is 0 Å². The van der Waals surface area contributed by atoms with Gasteiger partial charge in [0.2, 0.25) is 11.9 Å². The average molecular weight is 512 g/mol. The van der Waals surface area contributed by atoms with Crippen LogP contribution in [0.3, 0.4) is 0 Å². The average Bonchev–Trinajstić information content (AvgIpc) is 3.39. The molecule has 0 radical (unpaired) electrons. The molecule has 4 aromatic rings. The fourth-order valence-electron chi connectivity index (χ4n) is 6.01. The third-order valence-electron chi connectivity index (χ3n) is 8.02. The van der Waals surface area contributed by atoms with Gasteiger partial charge in [0, 0.05) is 49.4 Å². The molecule has 1 spiro atoms. The predicted octanol–water partition coefficient (Wildman–Crippen LogP) is 4.89. The Hall–Kier alpha value is -3.63. The molecule has 3 aromatic heterocycles. The number of rotatable bonds is 5. The molecule has 194 valence electrons. The van der Waals surface area contributed by atoms with Gasteiger partial charge in [0.05, 0.1) is 12.1 Å². The van der Waals surface area contributed by atoms with Crippen LogP contribution in [0.25, 0.3) is 33.2 Å². The minimum Gasteiger partial charge on any atom is -0.351 e. The molecule has 0 unspecified atom stereocenters. The first-order valence-electron chi connectivity index (χ1n) is 12.5. The Balaban J connectivity index is 1.21. The molecule has 1 aromatic carbocycles. The molecular formula is C26H28F3N7O. The number of alkyl halides is 2. The summed E-state index contributed by atoms with van der Waals surface area (Å²) in [5, 5.41) is 4.13. The number of nitrogens with zero attached hydrogens (tertiary/aromatic N) is 5. The van der Waals surface area contributed by atoms with Crippen molar-refractivity contribution in [2.45, 2.75) is 58.5 Å². The Morgan fingerprint density at radius 3 is 2.70 bits per heavy atom. The van der Waals surface area contributed by atoms with E-state index in [2.05, 4.69) is 25.3 Å². The molecule has 1 aliphatic heterocycles. The van der Waals surface area contributed by atoms with Crippen LogP contribution in [-0.2, 0) is 11.3 Å². The highest BCUT2D eigenvalue weighted by molar-refractivity contribution is 5.96. The highest BCUT2D eigenvalue weighted by atomic mass is 19.3. The number of H-pyrrole nitrogens is 1. The molecule has 11 heteroatoms. The summed E-state index contributed by atoms with van der Waals surface area (Å²) in [5.74, 6) is 0.443. The monoisotopic (exact) mass is 511 g/mol. The van der Waals surface area contributed by atoms with E-state index in [1.807, 2.05) is 4.90 Å². The first-order valence-corrected chi connectivity index (χ1v) is 12.5. The van der Waals surface area contributed by atoms with Crippen molar-refractivity contribution in [3.05, 3.63) is 36.2 Å². The maximum Gasteiger partial charge on any atom is 0.256 e. The summed E-state index contributed by atoms with van der Waals surface area (Å²) in [7, 11) is 0. The molecule has 1 aliphatic carbocycles. The van der Waals surface area contributed by atoms with Crippen LogP contribution >= 0.6 is 0 Å². The molecule has 2 fully saturated rings. The highest BCUT2D eigenvalue weighted by Gasteiger charge is 2.46. The van der Waals surface area contributed by atoms with Crippen LogP contribution in [0, 0.1) is 18.2 Å². The number of anilines is 1. The molecule has 1 amide bonds. The lowest BCUT2D eigenvalue weighted by Gasteiger charge is -2.52. The third-order valence-corrected chi connectivity index (χ3v) is 8.02. The van der Waals surface area contributed by atoms with Crippen molar-refractivity contribution in [1.29, 1.82) is 0 Å². The summed E-state index contributed by atoms with van der Waals surface area (Å²) in [4.78, 5) is 29.9. The molecule has 2 aliphatic rings. The largest absolute Gasteiger partial charge is 0.351 e. The lowest BCUT2D eigenvalue weighted by Crippen LogP contribution is -2.52. The van der Waals surface area contributed by atoms with Crippen molar-refractivity contribution in [3.8, 4) is 11.1 Å². The van der Waals surface area contributed by atoms with Crippen molar-refractivity contribution in [2.75, 3.05) is 18.4 Å². The van der Waals surface area contributed by atoms with E-state index >= 15 is 0 Å². The molecule has 1 saturated heterocycles. The van der Waals surface area contributed by atoms with Gasteiger partial charge in [-0.25, -0.2) is 23.1 Å². The van der Waals surface area contributed by atoms with Gasteiger partial charge < -0.3 is 19.8 Å². The van der Waals surface area contributed by atoms with Gasteiger partial charge in [-0.15, -0.1) is 0 Å². The summed E-state index contributed by atoms with van der Waals surface area (Å²) in [5.41, 5.74) is 2.53. The minimum absolute atomic E-state index is 0.0784. The van der Waals surface area contributed by atoms with E-state index in [0.717, 1.165) is 38.8 Å². The molecule has 6 rings (SSSR count). The van der Waals surface area contributed by atoms with Gasteiger partial charge in [0.15, 0.2) is 5.82 Å². The second-order valence-electron chi connectivity index (χ2n) is 10.4. The Kier molecular flexibility index (Phi) is 5.61. The number of hydrogen-bond donors (Lipinski definition) is 2. The second kappa shape index (κ2) is 8.74. The number of carbonyl (C=O) groups is 1. The van der Waals surface area contributed by atoms with E-state index in [-0.39, 0.29) is 17.5 Å². The van der Waals surface area contributed by atoms with Crippen molar-refractivity contribution >= 4 is 33.9 Å². The Morgan fingerprint density at radius 1 is 1.24 bits per heavy atom. The molecule has 1 saturated carbocycles. The number of imidazole rings is 1. The maximum atomic E-state index is 14.9. The number of likely N-dealkylation sites (tertiary alicyclic amines) is 1. The summed E-state index contributed by atoms with van der Waals surface area (Å²) in [6, 6.07) is 3.33. The van der Waals surface area contributed by atoms with E-state index in [1.54, 1.807) is 32.3 Å². The summed E-state index contributed by atoms with van der Waals surface area (Å²) < 4.78 is 42.5. The van der Waals surface area contributed by atoms with Gasteiger partial charge in [0.1, 0.15) is 17.0 Å². The zero-order valence-corrected chi connectivity index (χ0v) is 20.7. The van der Waals surface area contributed by atoms with Crippen molar-refractivity contribution in [1.82, 2.24) is 29.4 Å². The summed E-state index contributed by atoms with van der Waals surface area (Å²) in [6.07, 6.45) is 4.96. The first-order chi connectivity index (χ1) is 17.7. The number of halogens is 3. The Morgan fingerprint density at radius 2 is 2.00 bits per heavy atom. The van der Waals surface area contributed by atoms with Gasteiger partial charge in [-0.05, 0) is 55.7 Å². The molecular weight excluding hydrogens is 483 g/mol. The van der Waals surface area contributed by atoms with Crippen molar-refractivity contribution in [3.63, 3.8) is 0 Å². The number of aromatic amines is 1. The van der Waals surface area contributed by atoms with Crippen molar-refractivity contribution in [2.24, 2.45) is 5.41 Å². The number of aryl methyl sites for hydroxylation is 1. The quantitative estimate of drug-likeness (QED) is 0.398. The topological polar surface area (TPSA) is 91.7 Å². The van der Waals surface area contributed by atoms with Gasteiger partial charge in [-0.2, -0.15) is 4.98 Å². The highest BCUT2D eigenvalue weighted by Crippen LogP contribution is 2.49. The van der Waals surface area contributed by atoms with Gasteiger partial charge in [0.25, 0.3) is 6.43 Å². The number of piperidine rings is 1. The predicted molar refractivity (Wildman–Crippen MR) is 134 cm³/mol. The fraction of sp³-hybridized carbons (Fsp3) is 0.462. The second-order valence-corrected chi connectivity index (χ2v) is 10.4. The van der Waals surface area contributed by atoms with Crippen molar-refractivity contribution < 1.29 is 18.0 Å². The number of hydrogen-bond acceptors (Lipinski definition) is 5. The van der Waals surface area contributed by atoms with E-state index in [9.17, 15) is 18.0 Å². The number of carbonyl (C=O) groups excluding carboxylic acids is 1. The molecule has 0 atom stereocenters. The molecule has 0 bridgehead atoms. The lowest BCUT2D eigenvalue weighted by molar-refractivity contribution is -0.132. The Bertz CT molecular complexity index is 1500. The van der Waals surface area contributed by atoms with E-state index in [1.165, 1.54) is 10.6 Å². The SMILES string of the molecule is CC(=O)N1CCC2(CC1)CC(Nc1ncc3c(-c4cc(F)c5nc(C)n(CC(F)F)c5c4)c[nH]c3n1)C2. The normalized spacial score (nSPS) is 17.7. The van der Waals surface area contributed by atoms with Gasteiger partial charge in [-0.1, -0.05) is 0 Å². The fourth-order valence-corrected chi connectivity index (χ4v) is 6.01. The smallest absolute Gasteiger partial charge is 0.256 e. The third kappa shape index (κ3) is 4.19. The molecule has 37 heavy (non-hydrogen) atoms. The van der Waals surface area contributed by atoms with Crippen LogP contribution < -0.4 is 5.32 Å². The van der Waals surface area contributed by atoms with Crippen LogP contribution in [0.15, 0.2) is 24.5 Å². The summed E-state index contributed by atoms with van der Waals surface area (Å²) >= 11 is 0. The number of aromatic nitrogens is 5. The number of nitrogens with one attached hydrogen (secondary N) is 2. The van der Waals surface area contributed by atoms with Gasteiger partial charge in [-0.3, -0.25) is 4.79 Å². The zero-order chi connectivity index (χ0) is 25.9. The Labute approximate surface area is 211 Å². The standard InChI is InChI=1S/C26H28F3N7O/c1-14-32-23-20(27)7-16(8-21(23)36(14)13-22(28)29)18-11-30-24-19(18)12-31-25(34-24)33-17-9-26(10-17)3-5-35(6-4-26)15(2)37/h7-8,11-12,17,22H,3-6,9-10,13H2,1-2H3,(H2,30,31,33,34). The number of fused-ring (bicyclic) bond motifs is 2. The number of benzene rings is 1. The summed E-state index contributed by atoms with van der Waals surface area (Å²) in [6.45, 7) is 4.32. The van der Waals surface area contributed by atoms with Crippen LogP contribution in [-0.4, -0.2) is 60.9 Å². The molecule has 8 nitrogen and oxygen atoms in total. The minimum atomic E-state index is -2.57. The zero-order valence-electron chi connectivity index (χ0n) is 20.7. The van der Waals surface area contributed by atoms with E-state index in [4.69, 9.17) is 0 Å². The van der Waals surface area contributed by atoms with E-state index in [0.29, 0.717) is 44.9 Å². The van der Waals surface area contributed by atoms with Gasteiger partial charge >= 0.3 is 0 Å². The first kappa shape index (κ1) is 23.7. The maximum absolute atomic E-state index is 14.9.